The summed E-state index contributed by atoms with van der Waals surface area (Å²) in [5.74, 6) is -1.50. The van der Waals surface area contributed by atoms with Gasteiger partial charge in [0, 0.05) is 65.9 Å². The summed E-state index contributed by atoms with van der Waals surface area (Å²) in [5, 5.41) is 0.551. The molecule has 6 rings (SSSR count). The highest BCUT2D eigenvalue weighted by atomic mass is 32.2. The van der Waals surface area contributed by atoms with Crippen molar-refractivity contribution in [1.82, 2.24) is 18.8 Å². The summed E-state index contributed by atoms with van der Waals surface area (Å²) < 4.78 is 57.4. The van der Waals surface area contributed by atoms with Gasteiger partial charge in [0.1, 0.15) is 16.4 Å². The lowest BCUT2D eigenvalue weighted by Crippen LogP contribution is -2.42. The van der Waals surface area contributed by atoms with Crippen molar-refractivity contribution in [3.05, 3.63) is 106 Å². The number of nitrogens with two attached hydrogens (primary N) is 1. The number of aromatic amines is 1. The number of piperidine rings is 1. The van der Waals surface area contributed by atoms with E-state index in [1.807, 2.05) is 6.08 Å². The van der Waals surface area contributed by atoms with Crippen LogP contribution >= 0.6 is 0 Å². The molecule has 8 nitrogen and oxygen atoms in total. The van der Waals surface area contributed by atoms with Crippen LogP contribution in [0.2, 0.25) is 0 Å². The van der Waals surface area contributed by atoms with Crippen LogP contribution in [0.1, 0.15) is 31.7 Å². The Balaban J connectivity index is 1.50. The van der Waals surface area contributed by atoms with Gasteiger partial charge in [-0.25, -0.2) is 26.2 Å². The maximum absolute atomic E-state index is 14.5. The van der Waals surface area contributed by atoms with Gasteiger partial charge in [-0.1, -0.05) is 18.2 Å². The van der Waals surface area contributed by atoms with Crippen LogP contribution in [0, 0.1) is 11.6 Å². The van der Waals surface area contributed by atoms with Gasteiger partial charge in [-0.05, 0) is 62.1 Å². The van der Waals surface area contributed by atoms with Crippen LogP contribution in [0.25, 0.3) is 27.9 Å². The summed E-state index contributed by atoms with van der Waals surface area (Å²) in [6.07, 6.45) is 8.03. The highest BCUT2D eigenvalue weighted by molar-refractivity contribution is 7.91. The third-order valence-electron chi connectivity index (χ3n) is 7.92. The molecule has 3 aromatic heterocycles. The largest absolute Gasteiger partial charge is 0.371 e. The van der Waals surface area contributed by atoms with E-state index in [0.29, 0.717) is 35.3 Å². The Bertz CT molecular complexity index is 1870. The number of hydrogen-bond acceptors (Lipinski definition) is 6. The van der Waals surface area contributed by atoms with E-state index in [4.69, 9.17) is 5.73 Å². The second-order valence-corrected chi connectivity index (χ2v) is 13.1. The standard InChI is InChI=1S/C30H29F2N5O3S/c1-30(41(39,40)37-18-25(23-4-3-11-34-29(23)37)26-5-2-6-28(38)35-26)10-7-27(36-12-8-22(33)9-13-36)24(17-30)19-14-20(31)16-21(32)15-19/h2-7,11,14-18,22H,8-10,12-13,33H2,1H3,(H,35,38). The van der Waals surface area contributed by atoms with Gasteiger partial charge in [-0.15, -0.1) is 0 Å². The van der Waals surface area contributed by atoms with E-state index < -0.39 is 26.4 Å². The molecule has 1 fully saturated rings. The zero-order valence-electron chi connectivity index (χ0n) is 22.3. The zero-order valence-corrected chi connectivity index (χ0v) is 23.2. The molecule has 1 atom stereocenters. The minimum atomic E-state index is -4.19. The van der Waals surface area contributed by atoms with Crippen molar-refractivity contribution < 1.29 is 17.2 Å². The summed E-state index contributed by atoms with van der Waals surface area (Å²) in [6, 6.07) is 11.4. The Kier molecular flexibility index (Phi) is 6.66. The smallest absolute Gasteiger partial charge is 0.249 e. The molecule has 1 aliphatic heterocycles. The Morgan fingerprint density at radius 3 is 2.51 bits per heavy atom. The Morgan fingerprint density at radius 1 is 1.07 bits per heavy atom. The first-order valence-electron chi connectivity index (χ1n) is 13.4. The molecule has 3 N–H and O–H groups in total. The summed E-state index contributed by atoms with van der Waals surface area (Å²) in [4.78, 5) is 21.3. The Hall–Kier alpha value is -4.09. The molecular formula is C30H29F2N5O3S. The van der Waals surface area contributed by atoms with Gasteiger partial charge in [-0.2, -0.15) is 0 Å². The predicted octanol–water partition coefficient (Wildman–Crippen LogP) is 4.40. The number of allylic oxidation sites excluding steroid dienone is 2. The van der Waals surface area contributed by atoms with E-state index in [1.165, 1.54) is 30.6 Å². The topological polar surface area (TPSA) is 114 Å². The quantitative estimate of drug-likeness (QED) is 0.364. The van der Waals surface area contributed by atoms with Gasteiger partial charge < -0.3 is 15.6 Å². The van der Waals surface area contributed by atoms with Crippen LogP contribution < -0.4 is 11.3 Å². The summed E-state index contributed by atoms with van der Waals surface area (Å²) in [5.41, 5.74) is 8.38. The van der Waals surface area contributed by atoms with Gasteiger partial charge in [0.15, 0.2) is 5.65 Å². The fraction of sp³-hybridized carbons (Fsp3) is 0.267. The van der Waals surface area contributed by atoms with E-state index in [1.54, 1.807) is 37.3 Å². The predicted molar refractivity (Wildman–Crippen MR) is 154 cm³/mol. The van der Waals surface area contributed by atoms with Crippen molar-refractivity contribution >= 4 is 26.6 Å². The lowest BCUT2D eigenvalue weighted by molar-refractivity contribution is 0.271. The fourth-order valence-corrected chi connectivity index (χ4v) is 7.29. The first-order valence-corrected chi connectivity index (χ1v) is 14.8. The molecule has 41 heavy (non-hydrogen) atoms. The molecule has 1 aromatic carbocycles. The third-order valence-corrected chi connectivity index (χ3v) is 10.2. The molecular weight excluding hydrogens is 548 g/mol. The molecule has 4 aromatic rings. The minimum Gasteiger partial charge on any atom is -0.371 e. The van der Waals surface area contributed by atoms with E-state index in [0.717, 1.165) is 28.6 Å². The van der Waals surface area contributed by atoms with Crippen LogP contribution in [0.15, 0.2) is 83.6 Å². The number of benzene rings is 1. The highest BCUT2D eigenvalue weighted by Crippen LogP contribution is 2.42. The summed E-state index contributed by atoms with van der Waals surface area (Å²) >= 11 is 0. The molecule has 2 aliphatic rings. The second kappa shape index (κ2) is 10.1. The molecule has 1 unspecified atom stereocenters. The van der Waals surface area contributed by atoms with E-state index in [2.05, 4.69) is 14.9 Å². The van der Waals surface area contributed by atoms with Gasteiger partial charge in [0.2, 0.25) is 15.6 Å². The van der Waals surface area contributed by atoms with E-state index in [-0.39, 0.29) is 29.2 Å². The SMILES string of the molecule is CC1(S(=O)(=O)n2cc(-c3cccc(=O)[nH]3)c3cccnc32)C=C(c2cc(F)cc(F)c2)C(N2CCC(N)CC2)=CC1. The number of likely N-dealkylation sites (tertiary alicyclic amines) is 1. The molecule has 0 bridgehead atoms. The van der Waals surface area contributed by atoms with Crippen molar-refractivity contribution in [2.24, 2.45) is 5.73 Å². The van der Waals surface area contributed by atoms with E-state index >= 15 is 0 Å². The van der Waals surface area contributed by atoms with Crippen molar-refractivity contribution in [3.8, 4) is 11.3 Å². The van der Waals surface area contributed by atoms with Crippen LogP contribution in [-0.4, -0.2) is 51.1 Å². The normalized spacial score (nSPS) is 20.2. The molecule has 1 saturated heterocycles. The number of H-pyrrole nitrogens is 1. The van der Waals surface area contributed by atoms with Crippen molar-refractivity contribution in [3.63, 3.8) is 0 Å². The molecule has 11 heteroatoms. The number of hydrogen-bond donors (Lipinski definition) is 2. The number of aromatic nitrogens is 3. The first kappa shape index (κ1) is 27.1. The van der Waals surface area contributed by atoms with Crippen molar-refractivity contribution in [2.45, 2.75) is 37.0 Å². The van der Waals surface area contributed by atoms with Gasteiger partial charge in [0.25, 0.3) is 0 Å². The molecule has 0 spiro atoms. The molecule has 0 amide bonds. The molecule has 0 radical (unpaired) electrons. The van der Waals surface area contributed by atoms with Crippen LogP contribution in [0.5, 0.6) is 0 Å². The molecule has 0 saturated carbocycles. The Labute approximate surface area is 235 Å². The molecule has 4 heterocycles. The summed E-state index contributed by atoms with van der Waals surface area (Å²) in [7, 11) is -4.19. The zero-order chi connectivity index (χ0) is 28.9. The number of nitrogens with zero attached hydrogens (tertiary/aromatic N) is 3. The van der Waals surface area contributed by atoms with Crippen LogP contribution in [0.3, 0.4) is 0 Å². The van der Waals surface area contributed by atoms with Crippen LogP contribution in [-0.2, 0) is 10.0 Å². The number of halogens is 2. The molecule has 1 aliphatic carbocycles. The van der Waals surface area contributed by atoms with Crippen molar-refractivity contribution in [2.75, 3.05) is 13.1 Å². The third kappa shape index (κ3) is 4.78. The average molecular weight is 578 g/mol. The van der Waals surface area contributed by atoms with Crippen molar-refractivity contribution in [1.29, 1.82) is 0 Å². The number of nitrogens with one attached hydrogen (secondary N) is 1. The van der Waals surface area contributed by atoms with E-state index in [9.17, 15) is 22.0 Å². The maximum atomic E-state index is 14.5. The van der Waals surface area contributed by atoms with Gasteiger partial charge in [0.05, 0.1) is 5.69 Å². The monoisotopic (exact) mass is 577 g/mol. The number of fused-ring (bicyclic) bond motifs is 1. The van der Waals surface area contributed by atoms with Crippen LogP contribution in [0.4, 0.5) is 8.78 Å². The van der Waals surface area contributed by atoms with Gasteiger partial charge in [-0.3, -0.25) is 4.79 Å². The lowest BCUT2D eigenvalue weighted by Gasteiger charge is -2.39. The Morgan fingerprint density at radius 2 is 1.80 bits per heavy atom. The number of pyridine rings is 2. The average Bonchev–Trinajstić information content (AvgIpc) is 3.34. The van der Waals surface area contributed by atoms with Gasteiger partial charge >= 0.3 is 0 Å². The molecule has 212 valence electrons. The first-order chi connectivity index (χ1) is 19.6. The fourth-order valence-electron chi connectivity index (χ4n) is 5.67. The maximum Gasteiger partial charge on any atom is 0.249 e. The lowest BCUT2D eigenvalue weighted by atomic mass is 9.88. The minimum absolute atomic E-state index is 0.0726. The second-order valence-electron chi connectivity index (χ2n) is 10.8. The number of rotatable bonds is 5. The summed E-state index contributed by atoms with van der Waals surface area (Å²) in [6.45, 7) is 2.89. The highest BCUT2D eigenvalue weighted by Gasteiger charge is 2.43.